The average Bonchev–Trinajstić information content (AvgIpc) is 2.94. The number of hydrogen-bond acceptors (Lipinski definition) is 3. The molecule has 1 saturated carbocycles. The summed E-state index contributed by atoms with van der Waals surface area (Å²) in [7, 11) is 3.42. The second-order valence-electron chi connectivity index (χ2n) is 5.07. The van der Waals surface area contributed by atoms with Gasteiger partial charge in [-0.15, -0.1) is 0 Å². The molecule has 0 spiro atoms. The van der Waals surface area contributed by atoms with Gasteiger partial charge in [-0.25, -0.2) is 0 Å². The molecule has 6 nitrogen and oxygen atoms in total. The Morgan fingerprint density at radius 1 is 1.25 bits per heavy atom. The number of carbonyl (C=O) groups is 1. The largest absolute Gasteiger partial charge is 0.385 e. The molecule has 6 heteroatoms. The van der Waals surface area contributed by atoms with Crippen molar-refractivity contribution in [2.75, 3.05) is 33.9 Å². The summed E-state index contributed by atoms with van der Waals surface area (Å²) < 4.78 is 4.98. The van der Waals surface area contributed by atoms with E-state index in [1.807, 2.05) is 0 Å². The van der Waals surface area contributed by atoms with Crippen LogP contribution in [0.4, 0.5) is 0 Å². The van der Waals surface area contributed by atoms with Crippen molar-refractivity contribution in [1.29, 1.82) is 0 Å². The van der Waals surface area contributed by atoms with Crippen molar-refractivity contribution in [3.63, 3.8) is 0 Å². The van der Waals surface area contributed by atoms with Gasteiger partial charge in [0.25, 0.3) is 0 Å². The number of hydrogen-bond donors (Lipinski definition) is 3. The van der Waals surface area contributed by atoms with Crippen LogP contribution in [0.25, 0.3) is 0 Å². The van der Waals surface area contributed by atoms with E-state index in [1.54, 1.807) is 14.2 Å². The van der Waals surface area contributed by atoms with E-state index in [0.717, 1.165) is 38.4 Å². The van der Waals surface area contributed by atoms with Gasteiger partial charge in [-0.3, -0.25) is 9.79 Å². The smallest absolute Gasteiger partial charge is 0.221 e. The van der Waals surface area contributed by atoms with Gasteiger partial charge < -0.3 is 20.7 Å². The summed E-state index contributed by atoms with van der Waals surface area (Å²) in [6.07, 6.45) is 6.14. The SMILES string of the molecule is CN=C(NCCCOC)NCCC(=O)NC1CCCC1. The van der Waals surface area contributed by atoms with Gasteiger partial charge in [0.15, 0.2) is 5.96 Å². The molecule has 0 aromatic carbocycles. The number of amides is 1. The van der Waals surface area contributed by atoms with Crippen LogP contribution in [0.3, 0.4) is 0 Å². The monoisotopic (exact) mass is 284 g/mol. The van der Waals surface area contributed by atoms with Crippen molar-refractivity contribution in [3.8, 4) is 0 Å². The van der Waals surface area contributed by atoms with Gasteiger partial charge in [0.05, 0.1) is 0 Å². The fourth-order valence-corrected chi connectivity index (χ4v) is 2.31. The van der Waals surface area contributed by atoms with Crippen LogP contribution in [0.5, 0.6) is 0 Å². The van der Waals surface area contributed by atoms with Crippen molar-refractivity contribution >= 4 is 11.9 Å². The Morgan fingerprint density at radius 2 is 1.95 bits per heavy atom. The lowest BCUT2D eigenvalue weighted by molar-refractivity contribution is -0.121. The van der Waals surface area contributed by atoms with E-state index in [9.17, 15) is 4.79 Å². The number of methoxy groups -OCH3 is 1. The summed E-state index contributed by atoms with van der Waals surface area (Å²) >= 11 is 0. The lowest BCUT2D eigenvalue weighted by Crippen LogP contribution is -2.40. The minimum absolute atomic E-state index is 0.124. The van der Waals surface area contributed by atoms with E-state index in [2.05, 4.69) is 20.9 Å². The molecule has 0 heterocycles. The Labute approximate surface area is 121 Å². The molecule has 116 valence electrons. The average molecular weight is 284 g/mol. The highest BCUT2D eigenvalue weighted by Gasteiger charge is 2.16. The highest BCUT2D eigenvalue weighted by atomic mass is 16.5. The molecule has 0 atom stereocenters. The van der Waals surface area contributed by atoms with E-state index in [4.69, 9.17) is 4.74 Å². The lowest BCUT2D eigenvalue weighted by atomic mass is 10.2. The van der Waals surface area contributed by atoms with Gasteiger partial charge in [-0.2, -0.15) is 0 Å². The first-order chi connectivity index (χ1) is 9.76. The molecule has 1 amide bonds. The second kappa shape index (κ2) is 10.5. The molecule has 0 saturated heterocycles. The summed E-state index contributed by atoms with van der Waals surface area (Å²) in [4.78, 5) is 15.8. The normalized spacial score (nSPS) is 16.2. The van der Waals surface area contributed by atoms with E-state index in [1.165, 1.54) is 12.8 Å². The fourth-order valence-electron chi connectivity index (χ4n) is 2.31. The minimum atomic E-state index is 0.124. The van der Waals surface area contributed by atoms with E-state index in [0.29, 0.717) is 19.0 Å². The summed E-state index contributed by atoms with van der Waals surface area (Å²) in [6, 6.07) is 0.397. The van der Waals surface area contributed by atoms with E-state index < -0.39 is 0 Å². The third kappa shape index (κ3) is 7.33. The van der Waals surface area contributed by atoms with Gasteiger partial charge in [0.2, 0.25) is 5.91 Å². The first kappa shape index (κ1) is 16.8. The number of nitrogens with zero attached hydrogens (tertiary/aromatic N) is 1. The maximum Gasteiger partial charge on any atom is 0.221 e. The molecule has 0 radical (unpaired) electrons. The highest BCUT2D eigenvalue weighted by molar-refractivity contribution is 5.81. The van der Waals surface area contributed by atoms with E-state index in [-0.39, 0.29) is 5.91 Å². The number of nitrogens with one attached hydrogen (secondary N) is 3. The first-order valence-corrected chi connectivity index (χ1v) is 7.49. The van der Waals surface area contributed by atoms with Gasteiger partial charge in [-0.05, 0) is 19.3 Å². The van der Waals surface area contributed by atoms with Crippen molar-refractivity contribution in [2.45, 2.75) is 44.6 Å². The van der Waals surface area contributed by atoms with Crippen LogP contribution in [0.15, 0.2) is 4.99 Å². The van der Waals surface area contributed by atoms with Gasteiger partial charge in [0, 0.05) is 46.3 Å². The molecule has 1 fully saturated rings. The molecule has 1 rings (SSSR count). The number of rotatable bonds is 8. The van der Waals surface area contributed by atoms with Crippen LogP contribution in [0, 0.1) is 0 Å². The molecule has 0 aromatic rings. The summed E-state index contributed by atoms with van der Waals surface area (Å²) in [5.41, 5.74) is 0. The molecular weight excluding hydrogens is 256 g/mol. The van der Waals surface area contributed by atoms with Crippen LogP contribution < -0.4 is 16.0 Å². The zero-order valence-electron chi connectivity index (χ0n) is 12.7. The van der Waals surface area contributed by atoms with E-state index >= 15 is 0 Å². The quantitative estimate of drug-likeness (QED) is 0.347. The van der Waals surface area contributed by atoms with Crippen molar-refractivity contribution < 1.29 is 9.53 Å². The number of carbonyl (C=O) groups excluding carboxylic acids is 1. The topological polar surface area (TPSA) is 74.8 Å². The van der Waals surface area contributed by atoms with Crippen LogP contribution in [0.1, 0.15) is 38.5 Å². The Balaban J connectivity index is 2.06. The summed E-state index contributed by atoms with van der Waals surface area (Å²) in [6.45, 7) is 2.14. The predicted octanol–water partition coefficient (Wildman–Crippen LogP) is 0.637. The molecule has 0 unspecified atom stereocenters. The molecule has 0 aliphatic heterocycles. The molecule has 0 bridgehead atoms. The van der Waals surface area contributed by atoms with Crippen molar-refractivity contribution in [1.82, 2.24) is 16.0 Å². The molecule has 0 aromatic heterocycles. The van der Waals surface area contributed by atoms with Gasteiger partial charge in [0.1, 0.15) is 0 Å². The van der Waals surface area contributed by atoms with Gasteiger partial charge in [-0.1, -0.05) is 12.8 Å². The van der Waals surface area contributed by atoms with Crippen LogP contribution in [-0.2, 0) is 9.53 Å². The maximum absolute atomic E-state index is 11.7. The summed E-state index contributed by atoms with van der Waals surface area (Å²) in [5.74, 6) is 0.856. The Hall–Kier alpha value is -1.30. The van der Waals surface area contributed by atoms with Crippen LogP contribution in [-0.4, -0.2) is 51.8 Å². The Bertz CT molecular complexity index is 302. The molecule has 3 N–H and O–H groups in total. The number of aliphatic imine (C=N–C) groups is 1. The Morgan fingerprint density at radius 3 is 2.60 bits per heavy atom. The van der Waals surface area contributed by atoms with Crippen molar-refractivity contribution in [3.05, 3.63) is 0 Å². The van der Waals surface area contributed by atoms with Crippen LogP contribution in [0.2, 0.25) is 0 Å². The maximum atomic E-state index is 11.7. The Kier molecular flexibility index (Phi) is 8.78. The minimum Gasteiger partial charge on any atom is -0.385 e. The molecule has 20 heavy (non-hydrogen) atoms. The summed E-state index contributed by atoms with van der Waals surface area (Å²) in [5, 5.41) is 9.39. The highest BCUT2D eigenvalue weighted by Crippen LogP contribution is 2.17. The molecule has 1 aliphatic carbocycles. The number of guanidine groups is 1. The third-order valence-electron chi connectivity index (χ3n) is 3.41. The fraction of sp³-hybridized carbons (Fsp3) is 0.857. The zero-order chi connectivity index (χ0) is 14.6. The van der Waals surface area contributed by atoms with Crippen LogP contribution >= 0.6 is 0 Å². The first-order valence-electron chi connectivity index (χ1n) is 7.49. The van der Waals surface area contributed by atoms with Crippen molar-refractivity contribution in [2.24, 2.45) is 4.99 Å². The third-order valence-corrected chi connectivity index (χ3v) is 3.41. The lowest BCUT2D eigenvalue weighted by Gasteiger charge is -2.14. The molecule has 1 aliphatic rings. The standard InChI is InChI=1S/C14H28N4O2/c1-15-14(16-9-5-11-20-2)17-10-8-13(19)18-12-6-3-4-7-12/h12H,3-11H2,1-2H3,(H,18,19)(H2,15,16,17). The second-order valence-corrected chi connectivity index (χ2v) is 5.07. The molecular formula is C14H28N4O2. The number of ether oxygens (including phenoxy) is 1. The predicted molar refractivity (Wildman–Crippen MR) is 80.9 cm³/mol. The van der Waals surface area contributed by atoms with Gasteiger partial charge >= 0.3 is 0 Å². The zero-order valence-corrected chi connectivity index (χ0v) is 12.7.